The number of rotatable bonds is 3. The van der Waals surface area contributed by atoms with Gasteiger partial charge in [-0.15, -0.1) is 0 Å². The number of hydrogen-bond donors (Lipinski definition) is 2. The molecule has 0 aliphatic heterocycles. The summed E-state index contributed by atoms with van der Waals surface area (Å²) in [6.07, 6.45) is 0. The van der Waals surface area contributed by atoms with Gasteiger partial charge in [0.15, 0.2) is 0 Å². The number of nitrogens with two attached hydrogens (primary N) is 1. The fourth-order valence-electron chi connectivity index (χ4n) is 1.04. The summed E-state index contributed by atoms with van der Waals surface area (Å²) >= 11 is 3.03. The van der Waals surface area contributed by atoms with Crippen LogP contribution in [-0.4, -0.2) is 18.5 Å². The van der Waals surface area contributed by atoms with Crippen LogP contribution in [0.1, 0.15) is 17.3 Å². The van der Waals surface area contributed by atoms with Crippen LogP contribution in [0.3, 0.4) is 0 Å². The fraction of sp³-hybridized carbons (Fsp3) is 0.300. The van der Waals surface area contributed by atoms with E-state index in [0.29, 0.717) is 6.54 Å². The first kappa shape index (κ1) is 12.1. The van der Waals surface area contributed by atoms with Gasteiger partial charge >= 0.3 is 0 Å². The molecule has 0 bridgehead atoms. The van der Waals surface area contributed by atoms with Crippen LogP contribution in [-0.2, 0) is 0 Å². The zero-order valence-electron chi connectivity index (χ0n) is 8.26. The lowest BCUT2D eigenvalue weighted by atomic mass is 10.2. The van der Waals surface area contributed by atoms with Crippen LogP contribution in [0, 0.1) is 5.82 Å². The van der Waals surface area contributed by atoms with E-state index in [2.05, 4.69) is 21.2 Å². The fourth-order valence-corrected chi connectivity index (χ4v) is 1.48. The van der Waals surface area contributed by atoms with Gasteiger partial charge in [-0.25, -0.2) is 4.39 Å². The molecule has 3 nitrogen and oxygen atoms in total. The second kappa shape index (κ2) is 5.23. The number of carbonyl (C=O) groups is 1. The van der Waals surface area contributed by atoms with E-state index in [1.54, 1.807) is 13.0 Å². The van der Waals surface area contributed by atoms with Crippen LogP contribution in [0.25, 0.3) is 0 Å². The lowest BCUT2D eigenvalue weighted by Gasteiger charge is -2.12. The van der Waals surface area contributed by atoms with Crippen molar-refractivity contribution in [1.82, 2.24) is 5.32 Å². The van der Waals surface area contributed by atoms with E-state index in [9.17, 15) is 9.18 Å². The quantitative estimate of drug-likeness (QED) is 0.881. The maximum Gasteiger partial charge on any atom is 0.252 e. The third-order valence-electron chi connectivity index (χ3n) is 1.93. The Morgan fingerprint density at radius 1 is 1.67 bits per heavy atom. The first-order valence-electron chi connectivity index (χ1n) is 4.51. The Labute approximate surface area is 96.0 Å². The summed E-state index contributed by atoms with van der Waals surface area (Å²) < 4.78 is 13.3. The molecule has 0 fully saturated rings. The zero-order chi connectivity index (χ0) is 11.4. The Hall–Kier alpha value is -0.940. The minimum atomic E-state index is -0.456. The highest BCUT2D eigenvalue weighted by atomic mass is 79.9. The maximum atomic E-state index is 13.1. The molecule has 1 aromatic rings. The number of carbonyl (C=O) groups excluding carboxylic acids is 1. The highest BCUT2D eigenvalue weighted by Crippen LogP contribution is 2.20. The number of nitrogens with one attached hydrogen (secondary N) is 1. The topological polar surface area (TPSA) is 55.1 Å². The van der Waals surface area contributed by atoms with Gasteiger partial charge in [0.2, 0.25) is 0 Å². The smallest absolute Gasteiger partial charge is 0.252 e. The van der Waals surface area contributed by atoms with Gasteiger partial charge in [0.05, 0.1) is 10.0 Å². The van der Waals surface area contributed by atoms with Gasteiger partial charge in [-0.2, -0.15) is 0 Å². The molecule has 1 amide bonds. The van der Waals surface area contributed by atoms with Crippen molar-refractivity contribution < 1.29 is 9.18 Å². The maximum absolute atomic E-state index is 13.1. The van der Waals surface area contributed by atoms with Crippen molar-refractivity contribution in [3.8, 4) is 0 Å². The molecule has 1 aromatic carbocycles. The molecule has 0 heterocycles. The van der Waals surface area contributed by atoms with E-state index >= 15 is 0 Å². The van der Waals surface area contributed by atoms with Gasteiger partial charge in [-0.05, 0) is 35.0 Å². The lowest BCUT2D eigenvalue weighted by molar-refractivity contribution is 0.0940. The lowest BCUT2D eigenvalue weighted by Crippen LogP contribution is -2.37. The Bertz CT molecular complexity index is 370. The standard InChI is InChI=1S/C10H12BrFN2O/c1-6(5-13)14-10(15)7-3-2-4-8(12)9(7)11/h2-4,6H,5,13H2,1H3,(H,14,15). The average molecular weight is 275 g/mol. The van der Waals surface area contributed by atoms with Gasteiger partial charge in [0.25, 0.3) is 5.91 Å². The molecule has 3 N–H and O–H groups in total. The molecule has 15 heavy (non-hydrogen) atoms. The third kappa shape index (κ3) is 3.00. The van der Waals surface area contributed by atoms with Gasteiger partial charge in [0, 0.05) is 12.6 Å². The molecule has 0 spiro atoms. The van der Waals surface area contributed by atoms with Crippen molar-refractivity contribution >= 4 is 21.8 Å². The SMILES string of the molecule is CC(CN)NC(=O)c1cccc(F)c1Br. The van der Waals surface area contributed by atoms with Crippen molar-refractivity contribution in [2.45, 2.75) is 13.0 Å². The zero-order valence-corrected chi connectivity index (χ0v) is 9.84. The predicted molar refractivity (Wildman–Crippen MR) is 60.1 cm³/mol. The van der Waals surface area contributed by atoms with E-state index in [-0.39, 0.29) is 22.0 Å². The van der Waals surface area contributed by atoms with E-state index in [4.69, 9.17) is 5.73 Å². The molecule has 0 saturated carbocycles. The summed E-state index contributed by atoms with van der Waals surface area (Å²) in [6, 6.07) is 4.19. The molecule has 0 aliphatic rings. The van der Waals surface area contributed by atoms with Gasteiger partial charge in [-0.3, -0.25) is 4.79 Å². The van der Waals surface area contributed by atoms with Gasteiger partial charge in [0.1, 0.15) is 5.82 Å². The highest BCUT2D eigenvalue weighted by molar-refractivity contribution is 9.10. The van der Waals surface area contributed by atoms with Crippen LogP contribution < -0.4 is 11.1 Å². The van der Waals surface area contributed by atoms with Gasteiger partial charge < -0.3 is 11.1 Å². The predicted octanol–water partition coefficient (Wildman–Crippen LogP) is 1.67. The minimum Gasteiger partial charge on any atom is -0.348 e. The summed E-state index contributed by atoms with van der Waals surface area (Å²) in [6.45, 7) is 2.13. The Morgan fingerprint density at radius 3 is 2.93 bits per heavy atom. The van der Waals surface area contributed by atoms with Crippen LogP contribution >= 0.6 is 15.9 Å². The van der Waals surface area contributed by atoms with Gasteiger partial charge in [-0.1, -0.05) is 6.07 Å². The molecule has 5 heteroatoms. The second-order valence-corrected chi connectivity index (χ2v) is 4.00. The van der Waals surface area contributed by atoms with E-state index in [1.165, 1.54) is 12.1 Å². The summed E-state index contributed by atoms with van der Waals surface area (Å²) in [4.78, 5) is 11.6. The summed E-state index contributed by atoms with van der Waals surface area (Å²) in [7, 11) is 0. The molecule has 1 rings (SSSR count). The largest absolute Gasteiger partial charge is 0.348 e. The van der Waals surface area contributed by atoms with Crippen LogP contribution in [0.15, 0.2) is 22.7 Å². The molecular formula is C10H12BrFN2O. The van der Waals surface area contributed by atoms with Crippen molar-refractivity contribution in [3.63, 3.8) is 0 Å². The number of hydrogen-bond acceptors (Lipinski definition) is 2. The second-order valence-electron chi connectivity index (χ2n) is 3.21. The first-order valence-corrected chi connectivity index (χ1v) is 5.30. The monoisotopic (exact) mass is 274 g/mol. The number of halogens is 2. The van der Waals surface area contributed by atoms with Crippen LogP contribution in [0.2, 0.25) is 0 Å². The summed E-state index contributed by atoms with van der Waals surface area (Å²) in [5, 5.41) is 2.65. The normalized spacial score (nSPS) is 12.3. The number of amides is 1. The van der Waals surface area contributed by atoms with Crippen molar-refractivity contribution in [1.29, 1.82) is 0 Å². The highest BCUT2D eigenvalue weighted by Gasteiger charge is 2.14. The summed E-state index contributed by atoms with van der Waals surface area (Å²) in [5.74, 6) is -0.789. The number of benzene rings is 1. The third-order valence-corrected chi connectivity index (χ3v) is 2.73. The van der Waals surface area contributed by atoms with Crippen LogP contribution in [0.5, 0.6) is 0 Å². The van der Waals surface area contributed by atoms with Crippen molar-refractivity contribution in [3.05, 3.63) is 34.1 Å². The Balaban J connectivity index is 2.87. The van der Waals surface area contributed by atoms with E-state index in [0.717, 1.165) is 0 Å². The molecule has 0 aliphatic carbocycles. The van der Waals surface area contributed by atoms with Crippen LogP contribution in [0.4, 0.5) is 4.39 Å². The minimum absolute atomic E-state index is 0.132. The molecule has 1 atom stereocenters. The van der Waals surface area contributed by atoms with Crippen molar-refractivity contribution in [2.24, 2.45) is 5.73 Å². The summed E-state index contributed by atoms with van der Waals surface area (Å²) in [5.41, 5.74) is 5.64. The first-order chi connectivity index (χ1) is 7.06. The molecule has 0 aromatic heterocycles. The average Bonchev–Trinajstić information content (AvgIpc) is 2.21. The molecule has 82 valence electrons. The Morgan fingerprint density at radius 2 is 2.33 bits per heavy atom. The molecular weight excluding hydrogens is 263 g/mol. The van der Waals surface area contributed by atoms with E-state index in [1.807, 2.05) is 0 Å². The molecule has 0 radical (unpaired) electrons. The molecule has 0 saturated heterocycles. The van der Waals surface area contributed by atoms with E-state index < -0.39 is 5.82 Å². The Kier molecular flexibility index (Phi) is 4.23. The molecule has 1 unspecified atom stereocenters. The van der Waals surface area contributed by atoms with Crippen molar-refractivity contribution in [2.75, 3.05) is 6.54 Å².